The lowest BCUT2D eigenvalue weighted by Crippen LogP contribution is -2.61. The van der Waals surface area contributed by atoms with Gasteiger partial charge in [-0.2, -0.15) is 0 Å². The fourth-order valence-electron chi connectivity index (χ4n) is 1.50. The van der Waals surface area contributed by atoms with Gasteiger partial charge in [-0.15, -0.1) is 0 Å². The first-order chi connectivity index (χ1) is 7.13. The highest BCUT2D eigenvalue weighted by Gasteiger charge is 2.34. The summed E-state index contributed by atoms with van der Waals surface area (Å²) in [5.41, 5.74) is 6.27. The Morgan fingerprint density at radius 1 is 1.60 bits per heavy atom. The Morgan fingerprint density at radius 2 is 2.33 bits per heavy atom. The van der Waals surface area contributed by atoms with Gasteiger partial charge in [-0.25, -0.2) is 0 Å². The summed E-state index contributed by atoms with van der Waals surface area (Å²) < 4.78 is 5.07. The Balaban J connectivity index is 2.27. The van der Waals surface area contributed by atoms with Gasteiger partial charge >= 0.3 is 0 Å². The molecule has 0 bridgehead atoms. The second-order valence-electron chi connectivity index (χ2n) is 3.37. The van der Waals surface area contributed by atoms with Gasteiger partial charge in [-0.1, -0.05) is 11.6 Å². The number of nitrogens with two attached hydrogens (primary N) is 1. The van der Waals surface area contributed by atoms with E-state index in [0.717, 1.165) is 5.69 Å². The zero-order chi connectivity index (χ0) is 11.0. The minimum atomic E-state index is -0.369. The van der Waals surface area contributed by atoms with E-state index in [9.17, 15) is 4.79 Å². The predicted molar refractivity (Wildman–Crippen MR) is 58.3 cm³/mol. The molecule has 1 aliphatic heterocycles. The number of amides is 1. The third kappa shape index (κ3) is 1.66. The van der Waals surface area contributed by atoms with Gasteiger partial charge in [0.15, 0.2) is 0 Å². The monoisotopic (exact) mass is 226 g/mol. The van der Waals surface area contributed by atoms with Crippen LogP contribution < -0.4 is 15.4 Å². The zero-order valence-electron chi connectivity index (χ0n) is 8.24. The Morgan fingerprint density at radius 3 is 2.87 bits per heavy atom. The summed E-state index contributed by atoms with van der Waals surface area (Å²) in [7, 11) is 1.54. The summed E-state index contributed by atoms with van der Waals surface area (Å²) in [6, 6.07) is 4.83. The molecule has 1 amide bonds. The van der Waals surface area contributed by atoms with Crippen LogP contribution in [0.3, 0.4) is 0 Å². The molecule has 0 spiro atoms. The van der Waals surface area contributed by atoms with Crippen molar-refractivity contribution in [3.63, 3.8) is 0 Å². The van der Waals surface area contributed by atoms with Crippen molar-refractivity contribution in [3.8, 4) is 5.75 Å². The van der Waals surface area contributed by atoms with Crippen LogP contribution in [0, 0.1) is 0 Å². The largest absolute Gasteiger partial charge is 0.495 e. The molecule has 2 N–H and O–H groups in total. The molecule has 1 unspecified atom stereocenters. The number of anilines is 1. The highest BCUT2D eigenvalue weighted by Crippen LogP contribution is 2.31. The summed E-state index contributed by atoms with van der Waals surface area (Å²) in [5, 5.41) is 0.526. The fraction of sp³-hybridized carbons (Fsp3) is 0.300. The summed E-state index contributed by atoms with van der Waals surface area (Å²) in [5.74, 6) is 0.488. The van der Waals surface area contributed by atoms with Crippen molar-refractivity contribution in [1.29, 1.82) is 0 Å². The first-order valence-corrected chi connectivity index (χ1v) is 4.92. The molecule has 1 heterocycles. The summed E-state index contributed by atoms with van der Waals surface area (Å²) in [6.45, 7) is 0.545. The fourth-order valence-corrected chi connectivity index (χ4v) is 1.70. The maximum Gasteiger partial charge on any atom is 0.245 e. The van der Waals surface area contributed by atoms with Gasteiger partial charge in [0.25, 0.3) is 0 Å². The molecule has 1 aromatic carbocycles. The standard InChI is InChI=1S/C10H11ClN2O2/c1-15-9-4-6(2-3-7(9)11)13-5-8(12)10(13)14/h2-4,8H,5,12H2,1H3. The van der Waals surface area contributed by atoms with Gasteiger partial charge < -0.3 is 15.4 Å². The Labute approximate surface area is 92.6 Å². The molecule has 15 heavy (non-hydrogen) atoms. The predicted octanol–water partition coefficient (Wildman–Crippen LogP) is 1.02. The van der Waals surface area contributed by atoms with Crippen molar-refractivity contribution in [1.82, 2.24) is 0 Å². The van der Waals surface area contributed by atoms with Crippen LogP contribution in [-0.2, 0) is 4.79 Å². The van der Waals surface area contributed by atoms with E-state index in [1.807, 2.05) is 0 Å². The quantitative estimate of drug-likeness (QED) is 0.767. The number of methoxy groups -OCH3 is 1. The second kappa shape index (κ2) is 3.72. The summed E-state index contributed by atoms with van der Waals surface area (Å²) in [4.78, 5) is 13.0. The maximum absolute atomic E-state index is 11.4. The molecular formula is C10H11ClN2O2. The normalized spacial score (nSPS) is 20.1. The van der Waals surface area contributed by atoms with Crippen LogP contribution in [0.15, 0.2) is 18.2 Å². The average molecular weight is 227 g/mol. The zero-order valence-corrected chi connectivity index (χ0v) is 8.99. The molecule has 0 aromatic heterocycles. The number of carbonyl (C=O) groups is 1. The van der Waals surface area contributed by atoms with Gasteiger partial charge in [0.1, 0.15) is 11.8 Å². The molecule has 0 aliphatic carbocycles. The summed E-state index contributed by atoms with van der Waals surface area (Å²) in [6.07, 6.45) is 0. The lowest BCUT2D eigenvalue weighted by molar-refractivity contribution is -0.123. The van der Waals surface area contributed by atoms with Crippen molar-refractivity contribution in [2.24, 2.45) is 5.73 Å². The highest BCUT2D eigenvalue weighted by atomic mass is 35.5. The van der Waals surface area contributed by atoms with E-state index < -0.39 is 0 Å². The van der Waals surface area contributed by atoms with Crippen LogP contribution in [-0.4, -0.2) is 25.6 Å². The number of hydrogen-bond acceptors (Lipinski definition) is 3. The van der Waals surface area contributed by atoms with Gasteiger partial charge in [-0.05, 0) is 12.1 Å². The van der Waals surface area contributed by atoms with Crippen molar-refractivity contribution >= 4 is 23.2 Å². The van der Waals surface area contributed by atoms with E-state index in [-0.39, 0.29) is 11.9 Å². The van der Waals surface area contributed by atoms with Crippen LogP contribution in [0.4, 0.5) is 5.69 Å². The Bertz CT molecular complexity index is 408. The minimum absolute atomic E-state index is 0.0700. The van der Waals surface area contributed by atoms with E-state index in [4.69, 9.17) is 22.1 Å². The molecular weight excluding hydrogens is 216 g/mol. The molecule has 1 fully saturated rings. The number of rotatable bonds is 2. The number of hydrogen-bond donors (Lipinski definition) is 1. The van der Waals surface area contributed by atoms with E-state index in [1.54, 1.807) is 23.1 Å². The van der Waals surface area contributed by atoms with Crippen LogP contribution in [0.1, 0.15) is 0 Å². The number of benzene rings is 1. The van der Waals surface area contributed by atoms with Crippen molar-refractivity contribution in [2.75, 3.05) is 18.6 Å². The topological polar surface area (TPSA) is 55.6 Å². The van der Waals surface area contributed by atoms with Gasteiger partial charge in [0.05, 0.1) is 18.7 Å². The molecule has 1 saturated heterocycles. The average Bonchev–Trinajstić information content (AvgIpc) is 2.26. The van der Waals surface area contributed by atoms with Crippen LogP contribution in [0.25, 0.3) is 0 Å². The van der Waals surface area contributed by atoms with Gasteiger partial charge in [-0.3, -0.25) is 4.79 Å². The molecule has 1 aliphatic rings. The third-order valence-electron chi connectivity index (χ3n) is 2.41. The van der Waals surface area contributed by atoms with Crippen molar-refractivity contribution in [3.05, 3.63) is 23.2 Å². The molecule has 1 aromatic rings. The molecule has 5 heteroatoms. The highest BCUT2D eigenvalue weighted by molar-refractivity contribution is 6.32. The number of carbonyl (C=O) groups excluding carboxylic acids is 1. The van der Waals surface area contributed by atoms with Gasteiger partial charge in [0.2, 0.25) is 5.91 Å². The number of halogens is 1. The smallest absolute Gasteiger partial charge is 0.245 e. The molecule has 0 radical (unpaired) electrons. The molecule has 0 saturated carbocycles. The number of ether oxygens (including phenoxy) is 1. The lowest BCUT2D eigenvalue weighted by atomic mass is 10.1. The van der Waals surface area contributed by atoms with Crippen molar-refractivity contribution < 1.29 is 9.53 Å². The van der Waals surface area contributed by atoms with E-state index in [2.05, 4.69) is 0 Å². The molecule has 1 atom stereocenters. The van der Waals surface area contributed by atoms with Crippen LogP contribution in [0.5, 0.6) is 5.75 Å². The second-order valence-corrected chi connectivity index (χ2v) is 3.78. The Hall–Kier alpha value is -1.26. The van der Waals surface area contributed by atoms with E-state index >= 15 is 0 Å². The maximum atomic E-state index is 11.4. The minimum Gasteiger partial charge on any atom is -0.495 e. The Kier molecular flexibility index (Phi) is 2.54. The molecule has 4 nitrogen and oxygen atoms in total. The summed E-state index contributed by atoms with van der Waals surface area (Å²) >= 11 is 5.87. The van der Waals surface area contributed by atoms with E-state index in [1.165, 1.54) is 7.11 Å². The van der Waals surface area contributed by atoms with E-state index in [0.29, 0.717) is 17.3 Å². The van der Waals surface area contributed by atoms with Gasteiger partial charge in [0, 0.05) is 11.8 Å². The third-order valence-corrected chi connectivity index (χ3v) is 2.72. The SMILES string of the molecule is COc1cc(N2CC(N)C2=O)ccc1Cl. The van der Waals surface area contributed by atoms with Crippen LogP contribution in [0.2, 0.25) is 5.02 Å². The molecule has 2 rings (SSSR count). The first-order valence-electron chi connectivity index (χ1n) is 4.54. The lowest BCUT2D eigenvalue weighted by Gasteiger charge is -2.36. The number of nitrogens with zero attached hydrogens (tertiary/aromatic N) is 1. The van der Waals surface area contributed by atoms with Crippen LogP contribution >= 0.6 is 11.6 Å². The molecule has 80 valence electrons. The number of β-lactam (4-membered cyclic amide) rings is 1. The van der Waals surface area contributed by atoms with Crippen molar-refractivity contribution in [2.45, 2.75) is 6.04 Å². The first kappa shape index (κ1) is 10.3.